The molecule has 6 heteroatoms. The number of hydrogen-bond acceptors (Lipinski definition) is 4. The van der Waals surface area contributed by atoms with Crippen LogP contribution in [0, 0.1) is 0 Å². The Bertz CT molecular complexity index is 473. The highest BCUT2D eigenvalue weighted by atomic mass is 32.1. The predicted molar refractivity (Wildman–Crippen MR) is 83.3 cm³/mol. The summed E-state index contributed by atoms with van der Waals surface area (Å²) in [5.74, 6) is 0.799. The highest BCUT2D eigenvalue weighted by Gasteiger charge is 2.14. The highest BCUT2D eigenvalue weighted by molar-refractivity contribution is 7.80. The van der Waals surface area contributed by atoms with Crippen molar-refractivity contribution in [1.29, 1.82) is 0 Å². The van der Waals surface area contributed by atoms with Crippen LogP contribution in [-0.4, -0.2) is 37.7 Å². The van der Waals surface area contributed by atoms with Crippen molar-refractivity contribution in [2.24, 2.45) is 5.10 Å². The van der Waals surface area contributed by atoms with Crippen molar-refractivity contribution in [1.82, 2.24) is 10.7 Å². The molecule has 2 rings (SSSR count). The van der Waals surface area contributed by atoms with E-state index in [0.717, 1.165) is 37.3 Å². The lowest BCUT2D eigenvalue weighted by Crippen LogP contribution is -2.37. The summed E-state index contributed by atoms with van der Waals surface area (Å²) >= 11 is 5.14. The molecule has 1 aromatic carbocycles. The molecule has 0 radical (unpaired) electrons. The fourth-order valence-corrected chi connectivity index (χ4v) is 2.07. The topological polar surface area (TPSA) is 54.9 Å². The first-order valence-electron chi connectivity index (χ1n) is 6.60. The maximum absolute atomic E-state index is 5.50. The third-order valence-electron chi connectivity index (χ3n) is 2.99. The number of benzene rings is 1. The number of hydrazone groups is 1. The molecule has 2 N–H and O–H groups in total. The van der Waals surface area contributed by atoms with Gasteiger partial charge in [-0.2, -0.15) is 5.10 Å². The minimum absolute atomic E-state index is 0.261. The molecular formula is C14H19N3O2S. The van der Waals surface area contributed by atoms with Crippen molar-refractivity contribution in [2.75, 3.05) is 20.3 Å². The molecule has 5 nitrogen and oxygen atoms in total. The van der Waals surface area contributed by atoms with Gasteiger partial charge in [-0.3, -0.25) is 5.43 Å². The minimum atomic E-state index is 0.261. The molecule has 1 aliphatic rings. The van der Waals surface area contributed by atoms with Gasteiger partial charge in [-0.1, -0.05) is 12.1 Å². The van der Waals surface area contributed by atoms with Crippen molar-refractivity contribution < 1.29 is 9.47 Å². The molecule has 0 unspecified atom stereocenters. The monoisotopic (exact) mass is 293 g/mol. The SMILES string of the molecule is COc1cccc(/C=N\NC(=S)NC[C@@H]2CCCO2)c1. The van der Waals surface area contributed by atoms with E-state index in [1.54, 1.807) is 13.3 Å². The van der Waals surface area contributed by atoms with Gasteiger partial charge in [-0.05, 0) is 42.8 Å². The number of rotatable bonds is 5. The Morgan fingerprint density at radius 3 is 3.25 bits per heavy atom. The second kappa shape index (κ2) is 7.81. The summed E-state index contributed by atoms with van der Waals surface area (Å²) in [7, 11) is 1.64. The Labute approximate surface area is 124 Å². The number of methoxy groups -OCH3 is 1. The predicted octanol–water partition coefficient (Wildman–Crippen LogP) is 1.67. The molecule has 1 aromatic rings. The zero-order valence-electron chi connectivity index (χ0n) is 11.5. The quantitative estimate of drug-likeness (QED) is 0.491. The van der Waals surface area contributed by atoms with E-state index in [-0.39, 0.29) is 6.10 Å². The maximum Gasteiger partial charge on any atom is 0.187 e. The van der Waals surface area contributed by atoms with Gasteiger partial charge in [0.2, 0.25) is 0 Å². The number of nitrogens with zero attached hydrogens (tertiary/aromatic N) is 1. The first kappa shape index (κ1) is 14.7. The third kappa shape index (κ3) is 4.79. The summed E-state index contributed by atoms with van der Waals surface area (Å²) in [5, 5.41) is 7.68. The van der Waals surface area contributed by atoms with Crippen molar-refractivity contribution in [2.45, 2.75) is 18.9 Å². The van der Waals surface area contributed by atoms with Gasteiger partial charge < -0.3 is 14.8 Å². The van der Waals surface area contributed by atoms with Gasteiger partial charge >= 0.3 is 0 Å². The number of hydrogen-bond donors (Lipinski definition) is 2. The van der Waals surface area contributed by atoms with E-state index in [0.29, 0.717) is 5.11 Å². The second-order valence-electron chi connectivity index (χ2n) is 4.49. The summed E-state index contributed by atoms with van der Waals surface area (Å²) in [6.07, 6.45) is 4.17. The fraction of sp³-hybridized carbons (Fsp3) is 0.429. The van der Waals surface area contributed by atoms with Crippen LogP contribution >= 0.6 is 12.2 Å². The second-order valence-corrected chi connectivity index (χ2v) is 4.90. The van der Waals surface area contributed by atoms with Crippen molar-refractivity contribution in [3.63, 3.8) is 0 Å². The van der Waals surface area contributed by atoms with Crippen LogP contribution in [0.4, 0.5) is 0 Å². The molecule has 1 heterocycles. The van der Waals surface area contributed by atoms with Gasteiger partial charge in [0, 0.05) is 13.2 Å². The summed E-state index contributed by atoms with van der Waals surface area (Å²) in [6, 6.07) is 7.64. The molecule has 108 valence electrons. The van der Waals surface area contributed by atoms with Crippen molar-refractivity contribution >= 4 is 23.5 Å². The van der Waals surface area contributed by atoms with Gasteiger partial charge in [0.1, 0.15) is 5.75 Å². The lowest BCUT2D eigenvalue weighted by atomic mass is 10.2. The molecule has 0 aliphatic carbocycles. The molecule has 0 spiro atoms. The normalized spacial score (nSPS) is 18.1. The molecule has 0 amide bonds. The maximum atomic E-state index is 5.50. The van der Waals surface area contributed by atoms with Crippen LogP contribution in [-0.2, 0) is 4.74 Å². The first-order valence-corrected chi connectivity index (χ1v) is 7.01. The van der Waals surface area contributed by atoms with Crippen LogP contribution in [0.5, 0.6) is 5.75 Å². The lowest BCUT2D eigenvalue weighted by molar-refractivity contribution is 0.114. The molecule has 1 atom stereocenters. The van der Waals surface area contributed by atoms with Crippen LogP contribution in [0.15, 0.2) is 29.4 Å². The van der Waals surface area contributed by atoms with Gasteiger partial charge in [-0.15, -0.1) is 0 Å². The van der Waals surface area contributed by atoms with Crippen LogP contribution in [0.1, 0.15) is 18.4 Å². The van der Waals surface area contributed by atoms with Crippen LogP contribution in [0.2, 0.25) is 0 Å². The summed E-state index contributed by atoms with van der Waals surface area (Å²) in [6.45, 7) is 1.57. The molecule has 0 aromatic heterocycles. The number of thiocarbonyl (C=S) groups is 1. The van der Waals surface area contributed by atoms with E-state index < -0.39 is 0 Å². The van der Waals surface area contributed by atoms with Crippen molar-refractivity contribution in [3.8, 4) is 5.75 Å². The van der Waals surface area contributed by atoms with Gasteiger partial charge in [0.15, 0.2) is 5.11 Å². The third-order valence-corrected chi connectivity index (χ3v) is 3.22. The van der Waals surface area contributed by atoms with Gasteiger partial charge in [0.25, 0.3) is 0 Å². The summed E-state index contributed by atoms with van der Waals surface area (Å²) < 4.78 is 10.6. The van der Waals surface area contributed by atoms with E-state index in [9.17, 15) is 0 Å². The van der Waals surface area contributed by atoms with E-state index in [1.165, 1.54) is 0 Å². The molecule has 1 fully saturated rings. The van der Waals surface area contributed by atoms with Crippen molar-refractivity contribution in [3.05, 3.63) is 29.8 Å². The van der Waals surface area contributed by atoms with E-state index in [4.69, 9.17) is 21.7 Å². The number of ether oxygens (including phenoxy) is 2. The first-order chi connectivity index (χ1) is 9.78. The molecule has 0 bridgehead atoms. The average Bonchev–Trinajstić information content (AvgIpc) is 2.99. The Morgan fingerprint density at radius 1 is 1.60 bits per heavy atom. The molecule has 1 saturated heterocycles. The summed E-state index contributed by atoms with van der Waals surface area (Å²) in [5.41, 5.74) is 3.73. The van der Waals surface area contributed by atoms with Crippen LogP contribution < -0.4 is 15.5 Å². The Hall–Kier alpha value is -1.66. The fourth-order valence-electron chi connectivity index (χ4n) is 1.94. The van der Waals surface area contributed by atoms with Gasteiger partial charge in [-0.25, -0.2) is 0 Å². The Morgan fingerprint density at radius 2 is 2.50 bits per heavy atom. The molecular weight excluding hydrogens is 274 g/mol. The van der Waals surface area contributed by atoms with Gasteiger partial charge in [0.05, 0.1) is 19.4 Å². The number of nitrogens with one attached hydrogen (secondary N) is 2. The minimum Gasteiger partial charge on any atom is -0.497 e. The van der Waals surface area contributed by atoms with Crippen LogP contribution in [0.25, 0.3) is 0 Å². The standard InChI is InChI=1S/C14H19N3O2S/c1-18-12-5-2-4-11(8-12)9-16-17-14(20)15-10-13-6-3-7-19-13/h2,4-5,8-9,13H,3,6-7,10H2,1H3,(H2,15,17,20)/b16-9-/t13-/m0/s1. The molecule has 1 aliphatic heterocycles. The molecule has 20 heavy (non-hydrogen) atoms. The average molecular weight is 293 g/mol. The van der Waals surface area contributed by atoms with E-state index in [2.05, 4.69) is 15.8 Å². The Kier molecular flexibility index (Phi) is 5.76. The zero-order valence-corrected chi connectivity index (χ0v) is 12.3. The Balaban J connectivity index is 1.72. The zero-order chi connectivity index (χ0) is 14.2. The largest absolute Gasteiger partial charge is 0.497 e. The summed E-state index contributed by atoms with van der Waals surface area (Å²) in [4.78, 5) is 0. The van der Waals surface area contributed by atoms with E-state index >= 15 is 0 Å². The highest BCUT2D eigenvalue weighted by Crippen LogP contribution is 2.11. The molecule has 0 saturated carbocycles. The van der Waals surface area contributed by atoms with Crippen LogP contribution in [0.3, 0.4) is 0 Å². The lowest BCUT2D eigenvalue weighted by Gasteiger charge is -2.11. The smallest absolute Gasteiger partial charge is 0.187 e. The van der Waals surface area contributed by atoms with E-state index in [1.807, 2.05) is 24.3 Å².